The van der Waals surface area contributed by atoms with E-state index >= 15 is 0 Å². The number of allylic oxidation sites excluding steroid dienone is 1. The topological polar surface area (TPSA) is 0 Å². The maximum atomic E-state index is 11.7. The smallest absolute Gasteiger partial charge is 0.445 e. The summed E-state index contributed by atoms with van der Waals surface area (Å²) in [7, 11) is 0. The van der Waals surface area contributed by atoms with Crippen molar-refractivity contribution >= 4 is 6.98 Å². The van der Waals surface area contributed by atoms with Crippen molar-refractivity contribution in [3.63, 3.8) is 0 Å². The first-order valence-corrected chi connectivity index (χ1v) is 3.40. The fourth-order valence-electron chi connectivity index (χ4n) is 1.09. The minimum absolute atomic E-state index is 0. The molecule has 1 rings (SSSR count). The van der Waals surface area contributed by atoms with E-state index in [9.17, 15) is 12.9 Å². The average Bonchev–Trinajstić information content (AvgIpc) is 1.78. The molecule has 5 heteroatoms. The summed E-state index contributed by atoms with van der Waals surface area (Å²) in [5, 5.41) is 0. The van der Waals surface area contributed by atoms with Crippen LogP contribution in [0.25, 0.3) is 0 Å². The van der Waals surface area contributed by atoms with Gasteiger partial charge in [-0.05, 0) is 18.8 Å². The predicted octanol–water partition coefficient (Wildman–Crippen LogP) is -0.267. The molecule has 0 aromatic carbocycles. The van der Waals surface area contributed by atoms with Gasteiger partial charge in [0.15, 0.2) is 0 Å². The molecule has 1 aliphatic rings. The molecule has 0 nitrogen and oxygen atoms in total. The zero-order valence-corrected chi connectivity index (χ0v) is 9.90. The monoisotopic (exact) mass is 188 g/mol. The molecule has 0 bridgehead atoms. The normalized spacial score (nSPS) is 27.6. The quantitative estimate of drug-likeness (QED) is 0.497. The standard InChI is InChI=1S/C6H9BF3.K/c1-5-2-3-6(5)4-7(8,9)10;/h4-5H,2-3H2,1H3;/q-1;+1/b6-4+;. The van der Waals surface area contributed by atoms with Gasteiger partial charge in [-0.15, -0.1) is 11.5 Å². The van der Waals surface area contributed by atoms with Gasteiger partial charge in [0.25, 0.3) is 0 Å². The van der Waals surface area contributed by atoms with Gasteiger partial charge in [-0.1, -0.05) is 6.92 Å². The number of hydrogen-bond donors (Lipinski definition) is 0. The molecule has 0 aliphatic heterocycles. The van der Waals surface area contributed by atoms with E-state index in [1.54, 1.807) is 0 Å². The maximum absolute atomic E-state index is 11.7. The Hall–Kier alpha value is 1.23. The largest absolute Gasteiger partial charge is 1.00 e. The predicted molar refractivity (Wildman–Crippen MR) is 35.6 cm³/mol. The third-order valence-corrected chi connectivity index (χ3v) is 1.90. The van der Waals surface area contributed by atoms with Crippen LogP contribution < -0.4 is 51.4 Å². The van der Waals surface area contributed by atoms with E-state index < -0.39 is 6.98 Å². The summed E-state index contributed by atoms with van der Waals surface area (Å²) in [5.41, 5.74) is 0.576. The van der Waals surface area contributed by atoms with Crippen LogP contribution in [0, 0.1) is 5.92 Å². The minimum Gasteiger partial charge on any atom is -0.445 e. The summed E-state index contributed by atoms with van der Waals surface area (Å²) in [6.45, 7) is -2.86. The first-order chi connectivity index (χ1) is 4.49. The molecule has 1 aliphatic carbocycles. The molecule has 0 amide bonds. The Morgan fingerprint density at radius 1 is 1.45 bits per heavy atom. The van der Waals surface area contributed by atoms with Crippen LogP contribution in [0.3, 0.4) is 0 Å². The number of rotatable bonds is 1. The molecular weight excluding hydrogens is 179 g/mol. The van der Waals surface area contributed by atoms with Crippen molar-refractivity contribution in [1.82, 2.24) is 0 Å². The van der Waals surface area contributed by atoms with Crippen LogP contribution in [0.5, 0.6) is 0 Å². The van der Waals surface area contributed by atoms with Crippen LogP contribution in [-0.2, 0) is 0 Å². The molecule has 1 saturated carbocycles. The van der Waals surface area contributed by atoms with E-state index in [0.717, 1.165) is 6.42 Å². The summed E-state index contributed by atoms with van der Waals surface area (Å²) in [4.78, 5) is 0. The summed E-state index contributed by atoms with van der Waals surface area (Å²) < 4.78 is 35.1. The van der Waals surface area contributed by atoms with Crippen molar-refractivity contribution in [3.8, 4) is 0 Å². The molecule has 0 spiro atoms. The molecule has 0 aromatic heterocycles. The van der Waals surface area contributed by atoms with Gasteiger partial charge in [-0.3, -0.25) is 0 Å². The molecular formula is C6H9BF3K. The Balaban J connectivity index is 0.000001000. The Kier molecular flexibility index (Phi) is 4.96. The zero-order chi connectivity index (χ0) is 7.78. The van der Waals surface area contributed by atoms with Crippen LogP contribution in [0.15, 0.2) is 11.5 Å². The second-order valence-corrected chi connectivity index (χ2v) is 2.81. The molecule has 0 aromatic rings. The average molecular weight is 188 g/mol. The Morgan fingerprint density at radius 2 is 2.00 bits per heavy atom. The van der Waals surface area contributed by atoms with Crippen molar-refractivity contribution in [3.05, 3.63) is 11.5 Å². The van der Waals surface area contributed by atoms with Crippen molar-refractivity contribution in [2.75, 3.05) is 0 Å². The van der Waals surface area contributed by atoms with Gasteiger partial charge in [-0.2, -0.15) is 0 Å². The Labute approximate surface area is 107 Å². The van der Waals surface area contributed by atoms with E-state index in [-0.39, 0.29) is 57.3 Å². The van der Waals surface area contributed by atoms with E-state index in [4.69, 9.17) is 0 Å². The van der Waals surface area contributed by atoms with Gasteiger partial charge in [0.1, 0.15) is 0 Å². The second kappa shape index (κ2) is 4.46. The first-order valence-electron chi connectivity index (χ1n) is 3.40. The third-order valence-electron chi connectivity index (χ3n) is 1.90. The van der Waals surface area contributed by atoms with Crippen molar-refractivity contribution in [2.45, 2.75) is 19.8 Å². The number of hydrogen-bond acceptors (Lipinski definition) is 0. The summed E-state index contributed by atoms with van der Waals surface area (Å²) in [5.74, 6) is 0.664. The second-order valence-electron chi connectivity index (χ2n) is 2.81. The van der Waals surface area contributed by atoms with Crippen LogP contribution >= 0.6 is 0 Å². The van der Waals surface area contributed by atoms with Crippen LogP contribution in [0.1, 0.15) is 19.8 Å². The van der Waals surface area contributed by atoms with Crippen LogP contribution in [-0.4, -0.2) is 6.98 Å². The van der Waals surface area contributed by atoms with Gasteiger partial charge >= 0.3 is 58.4 Å². The third kappa shape index (κ3) is 4.13. The molecule has 0 radical (unpaired) electrons. The fourth-order valence-corrected chi connectivity index (χ4v) is 1.09. The molecule has 1 unspecified atom stereocenters. The fraction of sp³-hybridized carbons (Fsp3) is 0.667. The Bertz CT molecular complexity index is 164. The van der Waals surface area contributed by atoms with Gasteiger partial charge in [0.2, 0.25) is 0 Å². The number of halogens is 3. The van der Waals surface area contributed by atoms with Gasteiger partial charge in [0.05, 0.1) is 0 Å². The first kappa shape index (κ1) is 12.2. The van der Waals surface area contributed by atoms with E-state index in [2.05, 4.69) is 0 Å². The van der Waals surface area contributed by atoms with Crippen molar-refractivity contribution in [2.24, 2.45) is 5.92 Å². The molecule has 0 N–H and O–H groups in total. The van der Waals surface area contributed by atoms with E-state index in [1.807, 2.05) is 6.92 Å². The summed E-state index contributed by atoms with van der Waals surface area (Å²) in [6, 6.07) is 0. The van der Waals surface area contributed by atoms with Crippen LogP contribution in [0.2, 0.25) is 0 Å². The van der Waals surface area contributed by atoms with Crippen molar-refractivity contribution in [1.29, 1.82) is 0 Å². The van der Waals surface area contributed by atoms with Crippen molar-refractivity contribution < 1.29 is 64.3 Å². The van der Waals surface area contributed by atoms with Gasteiger partial charge < -0.3 is 12.9 Å². The minimum atomic E-state index is -4.69. The molecule has 0 saturated heterocycles. The summed E-state index contributed by atoms with van der Waals surface area (Å²) in [6.07, 6.45) is 1.56. The van der Waals surface area contributed by atoms with Gasteiger partial charge in [-0.25, -0.2) is 0 Å². The molecule has 1 atom stereocenters. The Morgan fingerprint density at radius 3 is 2.09 bits per heavy atom. The molecule has 58 valence electrons. The SMILES string of the molecule is CC1CC/C1=C\[B-](F)(F)F.[K+]. The van der Waals surface area contributed by atoms with Crippen LogP contribution in [0.4, 0.5) is 12.9 Å². The van der Waals surface area contributed by atoms with E-state index in [1.165, 1.54) is 0 Å². The molecule has 1 fully saturated rings. The van der Waals surface area contributed by atoms with E-state index in [0.29, 0.717) is 18.0 Å². The van der Waals surface area contributed by atoms with Gasteiger partial charge in [0, 0.05) is 0 Å². The maximum Gasteiger partial charge on any atom is 1.00 e. The zero-order valence-electron chi connectivity index (χ0n) is 6.78. The summed E-state index contributed by atoms with van der Waals surface area (Å²) >= 11 is 0. The molecule has 11 heavy (non-hydrogen) atoms. The molecule has 0 heterocycles.